The lowest BCUT2D eigenvalue weighted by molar-refractivity contribution is -0.185. The molecule has 5 atom stereocenters. The molecule has 0 aromatic heterocycles. The minimum Gasteiger partial charge on any atom is -0.490 e. The SMILES string of the molecule is COC1=C2OCOC23Oc2c(cc4c(c2OC)OCO4)C2C(C)C(C)C=C(C1=O)C23. The van der Waals surface area contributed by atoms with Crippen molar-refractivity contribution in [3.8, 4) is 23.0 Å². The zero-order valence-corrected chi connectivity index (χ0v) is 17.1. The van der Waals surface area contributed by atoms with Gasteiger partial charge in [-0.05, 0) is 17.9 Å². The minimum absolute atomic E-state index is 0.0297. The van der Waals surface area contributed by atoms with Crippen molar-refractivity contribution in [3.05, 3.63) is 34.8 Å². The number of hydrogen-bond donors (Lipinski definition) is 0. The fraction of sp³-hybridized carbons (Fsp3) is 0.500. The van der Waals surface area contributed by atoms with Gasteiger partial charge in [-0.15, -0.1) is 0 Å². The van der Waals surface area contributed by atoms with Gasteiger partial charge in [-0.25, -0.2) is 0 Å². The number of carbonyl (C=O) groups excluding carboxylic acids is 1. The van der Waals surface area contributed by atoms with E-state index in [1.807, 2.05) is 12.1 Å². The van der Waals surface area contributed by atoms with E-state index in [0.29, 0.717) is 28.6 Å². The molecule has 1 aromatic rings. The fourth-order valence-electron chi connectivity index (χ4n) is 5.54. The first-order valence-electron chi connectivity index (χ1n) is 10.0. The summed E-state index contributed by atoms with van der Waals surface area (Å²) < 4.78 is 40.9. The number of hydrogen-bond acceptors (Lipinski definition) is 8. The van der Waals surface area contributed by atoms with Crippen LogP contribution in [0.3, 0.4) is 0 Å². The smallest absolute Gasteiger partial charge is 0.283 e. The quantitative estimate of drug-likeness (QED) is 0.731. The van der Waals surface area contributed by atoms with Gasteiger partial charge in [0, 0.05) is 17.1 Å². The molecule has 8 heteroatoms. The van der Waals surface area contributed by atoms with Crippen LogP contribution in [0.1, 0.15) is 25.3 Å². The predicted molar refractivity (Wildman–Crippen MR) is 101 cm³/mol. The summed E-state index contributed by atoms with van der Waals surface area (Å²) in [6.07, 6.45) is 2.02. The lowest BCUT2D eigenvalue weighted by atomic mass is 9.59. The first-order valence-corrected chi connectivity index (χ1v) is 10.0. The molecule has 1 fully saturated rings. The van der Waals surface area contributed by atoms with Crippen molar-refractivity contribution >= 4 is 5.78 Å². The Balaban J connectivity index is 1.68. The zero-order valence-electron chi connectivity index (χ0n) is 17.1. The number of allylic oxidation sites excluding steroid dienone is 2. The van der Waals surface area contributed by atoms with E-state index in [4.69, 9.17) is 33.2 Å². The molecule has 30 heavy (non-hydrogen) atoms. The number of carbonyl (C=O) groups is 1. The van der Waals surface area contributed by atoms with Crippen LogP contribution in [0.2, 0.25) is 0 Å². The third-order valence-corrected chi connectivity index (χ3v) is 7.03. The Hall–Kier alpha value is -2.87. The average molecular weight is 414 g/mol. The van der Waals surface area contributed by atoms with E-state index in [2.05, 4.69) is 13.8 Å². The number of fused-ring (bicyclic) bond motifs is 3. The lowest BCUT2D eigenvalue weighted by Crippen LogP contribution is -2.57. The second kappa shape index (κ2) is 5.85. The second-order valence-electron chi connectivity index (χ2n) is 8.27. The topological polar surface area (TPSA) is 81.7 Å². The Morgan fingerprint density at radius 1 is 1.07 bits per heavy atom. The predicted octanol–water partition coefficient (Wildman–Crippen LogP) is 2.87. The van der Waals surface area contributed by atoms with E-state index < -0.39 is 5.79 Å². The number of methoxy groups -OCH3 is 2. The van der Waals surface area contributed by atoms with Crippen molar-refractivity contribution < 1.29 is 38.0 Å². The molecule has 1 saturated heterocycles. The molecule has 3 heterocycles. The molecule has 158 valence electrons. The number of ketones is 1. The van der Waals surface area contributed by atoms with Gasteiger partial charge in [-0.2, -0.15) is 0 Å². The molecule has 0 amide bonds. The number of benzene rings is 1. The van der Waals surface area contributed by atoms with Crippen molar-refractivity contribution in [2.45, 2.75) is 25.6 Å². The monoisotopic (exact) mass is 414 g/mol. The molecule has 1 spiro atoms. The number of ether oxygens (including phenoxy) is 7. The van der Waals surface area contributed by atoms with E-state index in [9.17, 15) is 4.79 Å². The van der Waals surface area contributed by atoms with Crippen LogP contribution in [0.4, 0.5) is 0 Å². The van der Waals surface area contributed by atoms with Crippen LogP contribution in [0.25, 0.3) is 0 Å². The second-order valence-corrected chi connectivity index (χ2v) is 8.27. The highest BCUT2D eigenvalue weighted by Crippen LogP contribution is 2.65. The summed E-state index contributed by atoms with van der Waals surface area (Å²) >= 11 is 0. The van der Waals surface area contributed by atoms with Gasteiger partial charge in [0.1, 0.15) is 0 Å². The van der Waals surface area contributed by atoms with E-state index >= 15 is 0 Å². The first kappa shape index (κ1) is 17.9. The zero-order chi connectivity index (χ0) is 20.8. The van der Waals surface area contributed by atoms with Crippen molar-refractivity contribution in [2.24, 2.45) is 17.8 Å². The molecule has 0 bridgehead atoms. The van der Waals surface area contributed by atoms with Crippen molar-refractivity contribution in [2.75, 3.05) is 27.8 Å². The summed E-state index contributed by atoms with van der Waals surface area (Å²) in [6.45, 7) is 4.38. The lowest BCUT2D eigenvalue weighted by Gasteiger charge is -2.52. The fourth-order valence-corrected chi connectivity index (χ4v) is 5.54. The largest absolute Gasteiger partial charge is 0.490 e. The van der Waals surface area contributed by atoms with Crippen LogP contribution in [-0.2, 0) is 19.0 Å². The Morgan fingerprint density at radius 3 is 2.67 bits per heavy atom. The van der Waals surface area contributed by atoms with Gasteiger partial charge in [0.15, 0.2) is 18.3 Å². The standard InChI is InChI=1S/C22H22O8/c1-9-5-12-15-14(10(9)2)11-6-13-18(27-7-26-13)20(25-4)17(11)30-22(15)21(28-8-29-22)19(24-3)16(12)23/h5-6,9-10,14-15H,7-8H2,1-4H3. The van der Waals surface area contributed by atoms with E-state index in [1.165, 1.54) is 7.11 Å². The molecule has 6 rings (SSSR count). The Bertz CT molecular complexity index is 1040. The van der Waals surface area contributed by atoms with Crippen LogP contribution in [0.15, 0.2) is 29.2 Å². The Kier molecular flexibility index (Phi) is 3.50. The van der Waals surface area contributed by atoms with Gasteiger partial charge < -0.3 is 28.4 Å². The summed E-state index contributed by atoms with van der Waals surface area (Å²) in [5, 5.41) is 0. The maximum atomic E-state index is 13.3. The summed E-state index contributed by atoms with van der Waals surface area (Å²) in [4.78, 5) is 13.3. The van der Waals surface area contributed by atoms with Gasteiger partial charge >= 0.3 is 0 Å². The molecular formula is C22H22O8. The summed E-state index contributed by atoms with van der Waals surface area (Å²) in [5.41, 5.74) is 1.55. The van der Waals surface area contributed by atoms with E-state index in [1.54, 1.807) is 7.11 Å². The van der Waals surface area contributed by atoms with Crippen LogP contribution >= 0.6 is 0 Å². The van der Waals surface area contributed by atoms with Crippen molar-refractivity contribution in [1.82, 2.24) is 0 Å². The highest BCUT2D eigenvalue weighted by Gasteiger charge is 2.67. The normalized spacial score (nSPS) is 34.9. The molecule has 3 aliphatic heterocycles. The first-order chi connectivity index (χ1) is 14.5. The highest BCUT2D eigenvalue weighted by atomic mass is 16.8. The molecule has 8 nitrogen and oxygen atoms in total. The Labute approximate surface area is 173 Å². The van der Waals surface area contributed by atoms with Gasteiger partial charge in [0.2, 0.25) is 35.6 Å². The molecule has 5 unspecified atom stereocenters. The third kappa shape index (κ3) is 1.93. The van der Waals surface area contributed by atoms with Crippen LogP contribution in [0, 0.1) is 17.8 Å². The van der Waals surface area contributed by atoms with Gasteiger partial charge in [0.25, 0.3) is 5.79 Å². The third-order valence-electron chi connectivity index (χ3n) is 7.03. The van der Waals surface area contributed by atoms with Gasteiger partial charge in [0.05, 0.1) is 20.1 Å². The Morgan fingerprint density at radius 2 is 1.90 bits per heavy atom. The number of Topliss-reactive ketones (excluding diaryl/α,β-unsaturated/α-hetero) is 1. The summed E-state index contributed by atoms with van der Waals surface area (Å²) in [6, 6.07) is 1.94. The molecule has 2 aliphatic carbocycles. The summed E-state index contributed by atoms with van der Waals surface area (Å²) in [5.74, 6) is 0.939. The molecular weight excluding hydrogens is 392 g/mol. The molecule has 0 radical (unpaired) electrons. The average Bonchev–Trinajstić information content (AvgIpc) is 3.37. The van der Waals surface area contributed by atoms with Crippen LogP contribution < -0.4 is 18.9 Å². The van der Waals surface area contributed by atoms with Crippen LogP contribution in [0.5, 0.6) is 23.0 Å². The molecule has 0 saturated carbocycles. The van der Waals surface area contributed by atoms with Crippen LogP contribution in [-0.4, -0.2) is 39.4 Å². The van der Waals surface area contributed by atoms with Crippen molar-refractivity contribution in [3.63, 3.8) is 0 Å². The summed E-state index contributed by atoms with van der Waals surface area (Å²) in [7, 11) is 3.02. The highest BCUT2D eigenvalue weighted by molar-refractivity contribution is 6.09. The minimum atomic E-state index is -1.29. The van der Waals surface area contributed by atoms with Gasteiger partial charge in [-0.3, -0.25) is 9.53 Å². The number of rotatable bonds is 2. The molecule has 5 aliphatic rings. The molecule has 1 aromatic carbocycles. The maximum Gasteiger partial charge on any atom is 0.283 e. The maximum absolute atomic E-state index is 13.3. The van der Waals surface area contributed by atoms with Gasteiger partial charge in [-0.1, -0.05) is 19.9 Å². The van der Waals surface area contributed by atoms with Crippen molar-refractivity contribution in [1.29, 1.82) is 0 Å². The van der Waals surface area contributed by atoms with E-state index in [-0.39, 0.29) is 54.6 Å². The molecule has 0 N–H and O–H groups in total. The van der Waals surface area contributed by atoms with E-state index in [0.717, 1.165) is 5.56 Å².